The van der Waals surface area contributed by atoms with Gasteiger partial charge in [0.1, 0.15) is 0 Å². The minimum Gasteiger partial charge on any atom is -0.354 e. The predicted octanol–water partition coefficient (Wildman–Crippen LogP) is 0.612. The standard InChI is InChI=1S/C13H14N4O2/c18-11-6-7-15-13(17-11)16-9-8-14-12(19)10-4-2-1-3-5-10/h1-7H,8-9H2,(H,14,19)(H2,15,16,17,18). The molecular weight excluding hydrogens is 244 g/mol. The minimum absolute atomic E-state index is 0.128. The number of nitrogens with one attached hydrogen (secondary N) is 3. The van der Waals surface area contributed by atoms with Crippen molar-refractivity contribution in [3.05, 3.63) is 58.5 Å². The van der Waals surface area contributed by atoms with E-state index in [0.29, 0.717) is 24.6 Å². The van der Waals surface area contributed by atoms with Crippen molar-refractivity contribution < 1.29 is 4.79 Å². The van der Waals surface area contributed by atoms with Crippen LogP contribution < -0.4 is 16.2 Å². The molecule has 2 aromatic rings. The lowest BCUT2D eigenvalue weighted by molar-refractivity contribution is 0.0955. The van der Waals surface area contributed by atoms with E-state index in [2.05, 4.69) is 20.6 Å². The summed E-state index contributed by atoms with van der Waals surface area (Å²) in [5.74, 6) is 0.262. The van der Waals surface area contributed by atoms with Crippen LogP contribution in [0.3, 0.4) is 0 Å². The molecule has 0 aliphatic heterocycles. The summed E-state index contributed by atoms with van der Waals surface area (Å²) < 4.78 is 0. The quantitative estimate of drug-likeness (QED) is 0.686. The Balaban J connectivity index is 1.75. The molecule has 0 spiro atoms. The van der Waals surface area contributed by atoms with Crippen molar-refractivity contribution in [1.29, 1.82) is 0 Å². The number of aromatic amines is 1. The van der Waals surface area contributed by atoms with E-state index in [1.807, 2.05) is 18.2 Å². The van der Waals surface area contributed by atoms with Crippen LogP contribution in [0.1, 0.15) is 10.4 Å². The normalized spacial score (nSPS) is 9.89. The summed E-state index contributed by atoms with van der Waals surface area (Å²) in [5.41, 5.74) is 0.402. The molecule has 1 aromatic heterocycles. The number of hydrogen-bond acceptors (Lipinski definition) is 4. The lowest BCUT2D eigenvalue weighted by Crippen LogP contribution is -2.29. The van der Waals surface area contributed by atoms with Gasteiger partial charge in [0, 0.05) is 30.9 Å². The summed E-state index contributed by atoms with van der Waals surface area (Å²) in [7, 11) is 0. The molecule has 1 aromatic carbocycles. The molecule has 98 valence electrons. The second-order valence-electron chi connectivity index (χ2n) is 3.83. The summed E-state index contributed by atoms with van der Waals surface area (Å²) >= 11 is 0. The molecular formula is C13H14N4O2. The number of benzene rings is 1. The molecule has 19 heavy (non-hydrogen) atoms. The number of aromatic nitrogens is 2. The van der Waals surface area contributed by atoms with Crippen LogP contribution in [0.15, 0.2) is 47.4 Å². The summed E-state index contributed by atoms with van der Waals surface area (Å²) in [6, 6.07) is 10.3. The van der Waals surface area contributed by atoms with Gasteiger partial charge < -0.3 is 10.6 Å². The van der Waals surface area contributed by atoms with Crippen LogP contribution in [0.5, 0.6) is 0 Å². The van der Waals surface area contributed by atoms with Crippen molar-refractivity contribution in [2.24, 2.45) is 0 Å². The average Bonchev–Trinajstić information content (AvgIpc) is 2.44. The molecule has 3 N–H and O–H groups in total. The molecule has 1 heterocycles. The van der Waals surface area contributed by atoms with Gasteiger partial charge in [-0.3, -0.25) is 14.6 Å². The zero-order chi connectivity index (χ0) is 13.5. The molecule has 1 amide bonds. The second-order valence-corrected chi connectivity index (χ2v) is 3.83. The number of rotatable bonds is 5. The first-order valence-electron chi connectivity index (χ1n) is 5.88. The molecule has 0 aliphatic carbocycles. The third-order valence-electron chi connectivity index (χ3n) is 2.41. The van der Waals surface area contributed by atoms with Gasteiger partial charge in [-0.1, -0.05) is 18.2 Å². The third-order valence-corrected chi connectivity index (χ3v) is 2.41. The van der Waals surface area contributed by atoms with Gasteiger partial charge in [-0.2, -0.15) is 0 Å². The van der Waals surface area contributed by atoms with E-state index in [1.54, 1.807) is 12.1 Å². The number of carbonyl (C=O) groups is 1. The molecule has 2 rings (SSSR count). The summed E-state index contributed by atoms with van der Waals surface area (Å²) in [4.78, 5) is 29.2. The van der Waals surface area contributed by atoms with Crippen LogP contribution >= 0.6 is 0 Å². The largest absolute Gasteiger partial charge is 0.354 e. The molecule has 0 unspecified atom stereocenters. The number of nitrogens with zero attached hydrogens (tertiary/aromatic N) is 1. The Hall–Kier alpha value is -2.63. The maximum absolute atomic E-state index is 11.7. The van der Waals surface area contributed by atoms with Gasteiger partial charge in [-0.05, 0) is 12.1 Å². The Labute approximate surface area is 109 Å². The highest BCUT2D eigenvalue weighted by Crippen LogP contribution is 1.97. The van der Waals surface area contributed by atoms with Crippen molar-refractivity contribution in [1.82, 2.24) is 15.3 Å². The highest BCUT2D eigenvalue weighted by molar-refractivity contribution is 5.94. The maximum Gasteiger partial charge on any atom is 0.252 e. The van der Waals surface area contributed by atoms with E-state index in [0.717, 1.165) is 0 Å². The molecule has 0 fully saturated rings. The van der Waals surface area contributed by atoms with Gasteiger partial charge >= 0.3 is 0 Å². The number of carbonyl (C=O) groups excluding carboxylic acids is 1. The fourth-order valence-electron chi connectivity index (χ4n) is 1.51. The summed E-state index contributed by atoms with van der Waals surface area (Å²) in [5, 5.41) is 5.67. The fourth-order valence-corrected chi connectivity index (χ4v) is 1.51. The first-order chi connectivity index (χ1) is 9.25. The smallest absolute Gasteiger partial charge is 0.252 e. The minimum atomic E-state index is -0.217. The zero-order valence-corrected chi connectivity index (χ0v) is 10.2. The molecule has 0 saturated carbocycles. The Kier molecular flexibility index (Phi) is 4.28. The maximum atomic E-state index is 11.7. The van der Waals surface area contributed by atoms with Crippen molar-refractivity contribution in [3.63, 3.8) is 0 Å². The highest BCUT2D eigenvalue weighted by Gasteiger charge is 2.02. The van der Waals surface area contributed by atoms with Crippen LogP contribution in [-0.4, -0.2) is 29.0 Å². The molecule has 0 atom stereocenters. The van der Waals surface area contributed by atoms with Crippen molar-refractivity contribution in [3.8, 4) is 0 Å². The lowest BCUT2D eigenvalue weighted by atomic mass is 10.2. The lowest BCUT2D eigenvalue weighted by Gasteiger charge is -2.06. The number of anilines is 1. The predicted molar refractivity (Wildman–Crippen MR) is 72.1 cm³/mol. The van der Waals surface area contributed by atoms with Gasteiger partial charge in [0.2, 0.25) is 5.95 Å². The number of hydrogen-bond donors (Lipinski definition) is 3. The van der Waals surface area contributed by atoms with Gasteiger partial charge in [-0.25, -0.2) is 4.98 Å². The van der Waals surface area contributed by atoms with E-state index >= 15 is 0 Å². The molecule has 6 heteroatoms. The van der Waals surface area contributed by atoms with Crippen LogP contribution in [0, 0.1) is 0 Å². The Morgan fingerprint density at radius 2 is 1.95 bits per heavy atom. The Morgan fingerprint density at radius 3 is 2.68 bits per heavy atom. The van der Waals surface area contributed by atoms with Crippen molar-refractivity contribution in [2.45, 2.75) is 0 Å². The van der Waals surface area contributed by atoms with E-state index in [4.69, 9.17) is 0 Å². The van der Waals surface area contributed by atoms with Crippen LogP contribution in [-0.2, 0) is 0 Å². The Morgan fingerprint density at radius 1 is 1.16 bits per heavy atom. The van der Waals surface area contributed by atoms with Gasteiger partial charge in [-0.15, -0.1) is 0 Å². The van der Waals surface area contributed by atoms with Crippen molar-refractivity contribution >= 4 is 11.9 Å². The first-order valence-corrected chi connectivity index (χ1v) is 5.88. The van der Waals surface area contributed by atoms with Crippen LogP contribution in [0.4, 0.5) is 5.95 Å². The second kappa shape index (κ2) is 6.34. The first kappa shape index (κ1) is 12.8. The van der Waals surface area contributed by atoms with Gasteiger partial charge in [0.25, 0.3) is 11.5 Å². The van der Waals surface area contributed by atoms with E-state index in [1.165, 1.54) is 12.3 Å². The van der Waals surface area contributed by atoms with E-state index in [9.17, 15) is 9.59 Å². The van der Waals surface area contributed by atoms with Crippen molar-refractivity contribution in [2.75, 3.05) is 18.4 Å². The molecule has 0 saturated heterocycles. The molecule has 0 aliphatic rings. The van der Waals surface area contributed by atoms with Gasteiger partial charge in [0.15, 0.2) is 0 Å². The Bertz CT molecular complexity index is 595. The number of H-pyrrole nitrogens is 1. The molecule has 6 nitrogen and oxygen atoms in total. The van der Waals surface area contributed by atoms with Gasteiger partial charge in [0.05, 0.1) is 0 Å². The topological polar surface area (TPSA) is 86.9 Å². The SMILES string of the molecule is O=C(NCCNc1nccc(=O)[nH]1)c1ccccc1. The summed E-state index contributed by atoms with van der Waals surface area (Å²) in [6.07, 6.45) is 1.42. The van der Waals surface area contributed by atoms with E-state index in [-0.39, 0.29) is 11.5 Å². The van der Waals surface area contributed by atoms with Crippen LogP contribution in [0.25, 0.3) is 0 Å². The fraction of sp³-hybridized carbons (Fsp3) is 0.154. The third kappa shape index (κ3) is 3.95. The molecule has 0 bridgehead atoms. The number of amides is 1. The zero-order valence-electron chi connectivity index (χ0n) is 10.2. The van der Waals surface area contributed by atoms with E-state index < -0.39 is 0 Å². The monoisotopic (exact) mass is 258 g/mol. The average molecular weight is 258 g/mol. The van der Waals surface area contributed by atoms with Crippen LogP contribution in [0.2, 0.25) is 0 Å². The highest BCUT2D eigenvalue weighted by atomic mass is 16.1. The summed E-state index contributed by atoms with van der Waals surface area (Å²) in [6.45, 7) is 0.915. The molecule has 0 radical (unpaired) electrons.